The van der Waals surface area contributed by atoms with Gasteiger partial charge in [-0.05, 0) is 17.5 Å². The van der Waals surface area contributed by atoms with E-state index in [9.17, 15) is 0 Å². The third kappa shape index (κ3) is 3.71. The summed E-state index contributed by atoms with van der Waals surface area (Å²) in [4.78, 5) is 0. The Labute approximate surface area is 110 Å². The quantitative estimate of drug-likeness (QED) is 0.832. The van der Waals surface area contributed by atoms with Crippen LogP contribution in [0.3, 0.4) is 0 Å². The Kier molecular flexibility index (Phi) is 4.54. The van der Waals surface area contributed by atoms with Crippen LogP contribution in [-0.2, 0) is 6.42 Å². The molecule has 0 radical (unpaired) electrons. The van der Waals surface area contributed by atoms with Gasteiger partial charge in [0.1, 0.15) is 0 Å². The molecule has 2 aromatic rings. The molecular formula is C17H21N. The second-order valence-corrected chi connectivity index (χ2v) is 4.97. The molecule has 1 nitrogen and oxygen atoms in total. The molecule has 1 atom stereocenters. The SMILES string of the molecule is CC(C)N[C@H](Cc1ccccc1)c1ccccc1. The van der Waals surface area contributed by atoms with Gasteiger partial charge in [-0.15, -0.1) is 0 Å². The van der Waals surface area contributed by atoms with E-state index in [0.717, 1.165) is 6.42 Å². The molecule has 0 unspecified atom stereocenters. The summed E-state index contributed by atoms with van der Waals surface area (Å²) < 4.78 is 0. The number of rotatable bonds is 5. The molecule has 0 spiro atoms. The topological polar surface area (TPSA) is 12.0 Å². The predicted molar refractivity (Wildman–Crippen MR) is 77.6 cm³/mol. The fourth-order valence-electron chi connectivity index (χ4n) is 2.21. The van der Waals surface area contributed by atoms with Crippen LogP contribution in [0.5, 0.6) is 0 Å². The lowest BCUT2D eigenvalue weighted by Crippen LogP contribution is -2.29. The van der Waals surface area contributed by atoms with Crippen molar-refractivity contribution >= 4 is 0 Å². The smallest absolute Gasteiger partial charge is 0.0362 e. The Morgan fingerprint density at radius 1 is 0.833 bits per heavy atom. The Bertz CT molecular complexity index is 448. The zero-order chi connectivity index (χ0) is 12.8. The van der Waals surface area contributed by atoms with Crippen molar-refractivity contribution in [1.29, 1.82) is 0 Å². The van der Waals surface area contributed by atoms with E-state index in [1.807, 2.05) is 0 Å². The number of hydrogen-bond donors (Lipinski definition) is 1. The summed E-state index contributed by atoms with van der Waals surface area (Å²) in [6, 6.07) is 22.2. The first kappa shape index (κ1) is 12.8. The van der Waals surface area contributed by atoms with Gasteiger partial charge in [0.2, 0.25) is 0 Å². The fourth-order valence-corrected chi connectivity index (χ4v) is 2.21. The highest BCUT2D eigenvalue weighted by Crippen LogP contribution is 2.18. The van der Waals surface area contributed by atoms with Gasteiger partial charge in [0, 0.05) is 12.1 Å². The molecule has 0 saturated heterocycles. The Balaban J connectivity index is 2.16. The van der Waals surface area contributed by atoms with E-state index >= 15 is 0 Å². The molecule has 1 N–H and O–H groups in total. The molecule has 0 heterocycles. The lowest BCUT2D eigenvalue weighted by Gasteiger charge is -2.22. The standard InChI is InChI=1S/C17H21N/c1-14(2)18-17(16-11-7-4-8-12-16)13-15-9-5-3-6-10-15/h3-12,14,17-18H,13H2,1-2H3/t17-/m1/s1. The van der Waals surface area contributed by atoms with Crippen molar-refractivity contribution in [2.45, 2.75) is 32.4 Å². The first-order valence-electron chi connectivity index (χ1n) is 6.60. The van der Waals surface area contributed by atoms with E-state index in [4.69, 9.17) is 0 Å². The maximum atomic E-state index is 3.64. The minimum absolute atomic E-state index is 0.383. The van der Waals surface area contributed by atoms with Crippen LogP contribution in [0.25, 0.3) is 0 Å². The van der Waals surface area contributed by atoms with E-state index in [0.29, 0.717) is 12.1 Å². The molecule has 0 aromatic heterocycles. The van der Waals surface area contributed by atoms with Gasteiger partial charge in [0.05, 0.1) is 0 Å². The number of benzene rings is 2. The summed E-state index contributed by atoms with van der Waals surface area (Å²) in [5.41, 5.74) is 2.73. The third-order valence-corrected chi connectivity index (χ3v) is 3.02. The predicted octanol–water partition coefficient (Wildman–Crippen LogP) is 3.97. The molecule has 2 aromatic carbocycles. The molecule has 0 aliphatic rings. The van der Waals surface area contributed by atoms with Crippen molar-refractivity contribution < 1.29 is 0 Å². The molecule has 1 heteroatoms. The lowest BCUT2D eigenvalue weighted by molar-refractivity contribution is 0.475. The van der Waals surface area contributed by atoms with Crippen LogP contribution in [0.4, 0.5) is 0 Å². The van der Waals surface area contributed by atoms with Crippen molar-refractivity contribution in [2.24, 2.45) is 0 Å². The Hall–Kier alpha value is -1.60. The highest BCUT2D eigenvalue weighted by Gasteiger charge is 2.12. The Morgan fingerprint density at radius 2 is 1.39 bits per heavy atom. The molecule has 0 bridgehead atoms. The van der Waals surface area contributed by atoms with Gasteiger partial charge in [-0.3, -0.25) is 0 Å². The summed E-state index contributed by atoms with van der Waals surface area (Å²) >= 11 is 0. The normalized spacial score (nSPS) is 12.6. The summed E-state index contributed by atoms with van der Waals surface area (Å²) in [6.07, 6.45) is 1.03. The zero-order valence-corrected chi connectivity index (χ0v) is 11.1. The van der Waals surface area contributed by atoms with Crippen LogP contribution in [0, 0.1) is 0 Å². The molecule has 0 aliphatic heterocycles. The van der Waals surface area contributed by atoms with Gasteiger partial charge in [-0.1, -0.05) is 74.5 Å². The second-order valence-electron chi connectivity index (χ2n) is 4.97. The van der Waals surface area contributed by atoms with Crippen LogP contribution in [0.15, 0.2) is 60.7 Å². The maximum absolute atomic E-state index is 3.64. The first-order chi connectivity index (χ1) is 8.75. The summed E-state index contributed by atoms with van der Waals surface area (Å²) in [7, 11) is 0. The van der Waals surface area contributed by atoms with E-state index < -0.39 is 0 Å². The molecule has 0 amide bonds. The molecule has 94 valence electrons. The molecule has 0 fully saturated rings. The fraction of sp³-hybridized carbons (Fsp3) is 0.294. The summed E-state index contributed by atoms with van der Waals surface area (Å²) in [5.74, 6) is 0. The van der Waals surface area contributed by atoms with Crippen LogP contribution >= 0.6 is 0 Å². The van der Waals surface area contributed by atoms with Gasteiger partial charge in [-0.25, -0.2) is 0 Å². The molecule has 0 aliphatic carbocycles. The summed E-state index contributed by atoms with van der Waals surface area (Å²) in [5, 5.41) is 3.64. The zero-order valence-electron chi connectivity index (χ0n) is 11.1. The van der Waals surface area contributed by atoms with E-state index in [-0.39, 0.29) is 0 Å². The van der Waals surface area contributed by atoms with Crippen LogP contribution in [0.1, 0.15) is 31.0 Å². The van der Waals surface area contributed by atoms with E-state index in [2.05, 4.69) is 79.8 Å². The minimum Gasteiger partial charge on any atom is -0.307 e. The third-order valence-electron chi connectivity index (χ3n) is 3.02. The van der Waals surface area contributed by atoms with Crippen molar-refractivity contribution in [3.63, 3.8) is 0 Å². The highest BCUT2D eigenvalue weighted by atomic mass is 14.9. The van der Waals surface area contributed by atoms with Crippen molar-refractivity contribution in [3.8, 4) is 0 Å². The van der Waals surface area contributed by atoms with Crippen LogP contribution < -0.4 is 5.32 Å². The van der Waals surface area contributed by atoms with Gasteiger partial charge in [0.25, 0.3) is 0 Å². The molecule has 2 rings (SSSR count). The van der Waals surface area contributed by atoms with Crippen molar-refractivity contribution in [2.75, 3.05) is 0 Å². The second kappa shape index (κ2) is 6.36. The molecule has 18 heavy (non-hydrogen) atoms. The Morgan fingerprint density at radius 3 is 1.94 bits per heavy atom. The highest BCUT2D eigenvalue weighted by molar-refractivity contribution is 5.23. The van der Waals surface area contributed by atoms with Gasteiger partial charge >= 0.3 is 0 Å². The number of hydrogen-bond acceptors (Lipinski definition) is 1. The number of nitrogens with one attached hydrogen (secondary N) is 1. The van der Waals surface area contributed by atoms with Gasteiger partial charge in [0.15, 0.2) is 0 Å². The largest absolute Gasteiger partial charge is 0.307 e. The molecule has 0 saturated carbocycles. The van der Waals surface area contributed by atoms with Crippen molar-refractivity contribution in [3.05, 3.63) is 71.8 Å². The minimum atomic E-state index is 0.383. The van der Waals surface area contributed by atoms with E-state index in [1.54, 1.807) is 0 Å². The van der Waals surface area contributed by atoms with Crippen LogP contribution in [-0.4, -0.2) is 6.04 Å². The summed E-state index contributed by atoms with van der Waals surface area (Å²) in [6.45, 7) is 4.39. The van der Waals surface area contributed by atoms with E-state index in [1.165, 1.54) is 11.1 Å². The maximum Gasteiger partial charge on any atom is 0.0362 e. The van der Waals surface area contributed by atoms with Gasteiger partial charge in [-0.2, -0.15) is 0 Å². The first-order valence-corrected chi connectivity index (χ1v) is 6.60. The monoisotopic (exact) mass is 239 g/mol. The average Bonchev–Trinajstić information content (AvgIpc) is 2.40. The average molecular weight is 239 g/mol. The lowest BCUT2D eigenvalue weighted by atomic mass is 9.98. The van der Waals surface area contributed by atoms with Gasteiger partial charge < -0.3 is 5.32 Å². The van der Waals surface area contributed by atoms with Crippen molar-refractivity contribution in [1.82, 2.24) is 5.32 Å². The molecular weight excluding hydrogens is 218 g/mol. The van der Waals surface area contributed by atoms with Crippen LogP contribution in [0.2, 0.25) is 0 Å².